The number of thiazole rings is 1. The number of esters is 1. The van der Waals surface area contributed by atoms with Gasteiger partial charge in [0.05, 0.1) is 6.61 Å². The van der Waals surface area contributed by atoms with Crippen LogP contribution in [0, 0.1) is 12.3 Å². The van der Waals surface area contributed by atoms with Gasteiger partial charge in [0.2, 0.25) is 0 Å². The van der Waals surface area contributed by atoms with Crippen LogP contribution in [0.1, 0.15) is 55.4 Å². The van der Waals surface area contributed by atoms with Gasteiger partial charge in [0.15, 0.2) is 10.8 Å². The van der Waals surface area contributed by atoms with Gasteiger partial charge in [0, 0.05) is 18.0 Å². The van der Waals surface area contributed by atoms with Crippen molar-refractivity contribution < 1.29 is 9.53 Å². The minimum absolute atomic E-state index is 0.303. The fourth-order valence-corrected chi connectivity index (χ4v) is 3.47. The summed E-state index contributed by atoms with van der Waals surface area (Å²) in [6.45, 7) is 10.8. The summed E-state index contributed by atoms with van der Waals surface area (Å²) in [4.78, 5) is 19.6. The number of ether oxygens (including phenoxy) is 1. The smallest absolute Gasteiger partial charge is 0.358 e. The third-order valence-electron chi connectivity index (χ3n) is 3.86. The van der Waals surface area contributed by atoms with E-state index in [1.165, 1.54) is 19.3 Å². The first-order chi connectivity index (χ1) is 9.43. The lowest BCUT2D eigenvalue weighted by Crippen LogP contribution is -2.25. The standard InChI is InChI=1S/C15H24N2O2S/c1-5-19-13(18)12-11(2)20-14(16-12)17-9-6-7-15(3,4)8-10-17/h5-10H2,1-4H3. The fraction of sp³-hybridized carbons (Fsp3) is 0.733. The Balaban J connectivity index is 2.13. The average Bonchev–Trinajstić information content (AvgIpc) is 2.66. The van der Waals surface area contributed by atoms with Crippen molar-refractivity contribution in [3.8, 4) is 0 Å². The van der Waals surface area contributed by atoms with E-state index in [0.29, 0.717) is 17.7 Å². The van der Waals surface area contributed by atoms with Crippen molar-refractivity contribution in [3.63, 3.8) is 0 Å². The van der Waals surface area contributed by atoms with E-state index in [9.17, 15) is 4.79 Å². The Morgan fingerprint density at radius 3 is 2.85 bits per heavy atom. The molecule has 1 aromatic heterocycles. The summed E-state index contributed by atoms with van der Waals surface area (Å²) in [6, 6.07) is 0. The highest BCUT2D eigenvalue weighted by atomic mass is 32.1. The summed E-state index contributed by atoms with van der Waals surface area (Å²) in [7, 11) is 0. The summed E-state index contributed by atoms with van der Waals surface area (Å²) >= 11 is 1.60. The van der Waals surface area contributed by atoms with Gasteiger partial charge < -0.3 is 9.64 Å². The van der Waals surface area contributed by atoms with Crippen molar-refractivity contribution in [3.05, 3.63) is 10.6 Å². The molecule has 1 aliphatic heterocycles. The van der Waals surface area contributed by atoms with E-state index < -0.39 is 0 Å². The minimum Gasteiger partial charge on any atom is -0.461 e. The molecular weight excluding hydrogens is 272 g/mol. The Hall–Kier alpha value is -1.10. The first-order valence-electron chi connectivity index (χ1n) is 7.32. The normalized spacial score (nSPS) is 18.7. The maximum absolute atomic E-state index is 11.8. The van der Waals surface area contributed by atoms with Crippen molar-refractivity contribution in [2.45, 2.75) is 47.0 Å². The molecule has 1 aromatic rings. The van der Waals surface area contributed by atoms with Crippen molar-refractivity contribution in [2.75, 3.05) is 24.6 Å². The van der Waals surface area contributed by atoms with E-state index in [-0.39, 0.29) is 5.97 Å². The van der Waals surface area contributed by atoms with Gasteiger partial charge in [-0.05, 0) is 38.5 Å². The molecule has 1 saturated heterocycles. The maximum atomic E-state index is 11.8. The molecule has 0 bridgehead atoms. The number of hydrogen-bond acceptors (Lipinski definition) is 5. The number of rotatable bonds is 3. The number of hydrogen-bond donors (Lipinski definition) is 0. The van der Waals surface area contributed by atoms with Gasteiger partial charge in [-0.25, -0.2) is 9.78 Å². The second-order valence-electron chi connectivity index (χ2n) is 6.13. The molecule has 112 valence electrons. The summed E-state index contributed by atoms with van der Waals surface area (Å²) in [5, 5.41) is 0.961. The monoisotopic (exact) mass is 296 g/mol. The van der Waals surface area contributed by atoms with Crippen LogP contribution in [-0.2, 0) is 4.74 Å². The Morgan fingerprint density at radius 2 is 2.15 bits per heavy atom. The minimum atomic E-state index is -0.303. The Morgan fingerprint density at radius 1 is 1.40 bits per heavy atom. The van der Waals surface area contributed by atoms with E-state index in [0.717, 1.165) is 23.1 Å². The molecule has 0 unspecified atom stereocenters. The van der Waals surface area contributed by atoms with Gasteiger partial charge in [-0.15, -0.1) is 11.3 Å². The first-order valence-corrected chi connectivity index (χ1v) is 8.14. The molecular formula is C15H24N2O2S. The van der Waals surface area contributed by atoms with Crippen LogP contribution in [0.25, 0.3) is 0 Å². The molecule has 0 aliphatic carbocycles. The first kappa shape index (κ1) is 15.3. The van der Waals surface area contributed by atoms with Gasteiger partial charge in [-0.2, -0.15) is 0 Å². The van der Waals surface area contributed by atoms with Crippen LogP contribution < -0.4 is 4.90 Å². The number of nitrogens with zero attached hydrogens (tertiary/aromatic N) is 2. The van der Waals surface area contributed by atoms with Crippen LogP contribution in [0.3, 0.4) is 0 Å². The third-order valence-corrected chi connectivity index (χ3v) is 4.90. The molecule has 0 amide bonds. The van der Waals surface area contributed by atoms with E-state index in [1.807, 2.05) is 13.8 Å². The fourth-order valence-electron chi connectivity index (χ4n) is 2.52. The predicted octanol–water partition coefficient (Wildman–Crippen LogP) is 3.64. The van der Waals surface area contributed by atoms with Gasteiger partial charge in [0.1, 0.15) is 0 Å². The summed E-state index contributed by atoms with van der Waals surface area (Å²) in [5.74, 6) is -0.303. The van der Waals surface area contributed by atoms with Crippen LogP contribution in [0.15, 0.2) is 0 Å². The summed E-state index contributed by atoms with van der Waals surface area (Å²) in [6.07, 6.45) is 3.60. The Kier molecular flexibility index (Phi) is 4.68. The molecule has 5 heteroatoms. The van der Waals surface area contributed by atoms with Gasteiger partial charge >= 0.3 is 5.97 Å². The van der Waals surface area contributed by atoms with Gasteiger partial charge in [-0.1, -0.05) is 13.8 Å². The van der Waals surface area contributed by atoms with Crippen LogP contribution in [0.4, 0.5) is 5.13 Å². The second-order valence-corrected chi connectivity index (χ2v) is 7.31. The largest absolute Gasteiger partial charge is 0.461 e. The van der Waals surface area contributed by atoms with E-state index in [2.05, 4.69) is 23.7 Å². The number of aromatic nitrogens is 1. The lowest BCUT2D eigenvalue weighted by Gasteiger charge is -2.22. The number of aryl methyl sites for hydroxylation is 1. The van der Waals surface area contributed by atoms with Gasteiger partial charge in [-0.3, -0.25) is 0 Å². The van der Waals surface area contributed by atoms with E-state index in [4.69, 9.17) is 4.74 Å². The number of carbonyl (C=O) groups excluding carboxylic acids is 1. The molecule has 0 spiro atoms. The Labute approximate surface area is 125 Å². The molecule has 0 N–H and O–H groups in total. The number of anilines is 1. The molecule has 4 nitrogen and oxygen atoms in total. The van der Waals surface area contributed by atoms with E-state index in [1.54, 1.807) is 11.3 Å². The van der Waals surface area contributed by atoms with Crippen molar-refractivity contribution in [1.82, 2.24) is 4.98 Å². The van der Waals surface area contributed by atoms with Crippen LogP contribution in [0.5, 0.6) is 0 Å². The Bertz CT molecular complexity index is 482. The van der Waals surface area contributed by atoms with Crippen molar-refractivity contribution >= 4 is 22.4 Å². The topological polar surface area (TPSA) is 42.4 Å². The molecule has 2 rings (SSSR count). The molecule has 1 fully saturated rings. The highest BCUT2D eigenvalue weighted by Crippen LogP contribution is 2.33. The predicted molar refractivity (Wildman–Crippen MR) is 82.7 cm³/mol. The SMILES string of the molecule is CCOC(=O)c1nc(N2CCCC(C)(C)CC2)sc1C. The van der Waals surface area contributed by atoms with Gasteiger partial charge in [0.25, 0.3) is 0 Å². The number of carbonyl (C=O) groups is 1. The zero-order valence-electron chi connectivity index (χ0n) is 12.9. The van der Waals surface area contributed by atoms with Crippen LogP contribution >= 0.6 is 11.3 Å². The highest BCUT2D eigenvalue weighted by molar-refractivity contribution is 7.15. The van der Waals surface area contributed by atoms with E-state index >= 15 is 0 Å². The van der Waals surface area contributed by atoms with Crippen molar-refractivity contribution in [1.29, 1.82) is 0 Å². The highest BCUT2D eigenvalue weighted by Gasteiger charge is 2.26. The zero-order chi connectivity index (χ0) is 14.8. The molecule has 0 atom stereocenters. The second kappa shape index (κ2) is 6.12. The molecule has 0 saturated carbocycles. The molecule has 0 aromatic carbocycles. The zero-order valence-corrected chi connectivity index (χ0v) is 13.7. The quantitative estimate of drug-likeness (QED) is 0.799. The molecule has 2 heterocycles. The third kappa shape index (κ3) is 3.51. The molecule has 20 heavy (non-hydrogen) atoms. The van der Waals surface area contributed by atoms with Crippen LogP contribution in [0.2, 0.25) is 0 Å². The summed E-state index contributed by atoms with van der Waals surface area (Å²) in [5.41, 5.74) is 0.890. The lowest BCUT2D eigenvalue weighted by atomic mass is 9.85. The van der Waals surface area contributed by atoms with Crippen molar-refractivity contribution in [2.24, 2.45) is 5.41 Å². The lowest BCUT2D eigenvalue weighted by molar-refractivity contribution is 0.0519. The average molecular weight is 296 g/mol. The maximum Gasteiger partial charge on any atom is 0.358 e. The van der Waals surface area contributed by atoms with Crippen LogP contribution in [-0.4, -0.2) is 30.6 Å². The molecule has 0 radical (unpaired) electrons. The molecule has 1 aliphatic rings. The summed E-state index contributed by atoms with van der Waals surface area (Å²) < 4.78 is 5.05.